The number of hydrogen-bond donors (Lipinski definition) is 0. The molecule has 0 saturated heterocycles. The quantitative estimate of drug-likeness (QED) is 0.615. The maximum Gasteiger partial charge on any atom is 0.176 e. The number of nitrogens with zero attached hydrogens (tertiary/aromatic N) is 4. The van der Waals surface area contributed by atoms with Gasteiger partial charge in [-0.05, 0) is 19.3 Å². The fourth-order valence-electron chi connectivity index (χ4n) is 1.27. The van der Waals surface area contributed by atoms with Crippen molar-refractivity contribution in [2.75, 3.05) is 6.54 Å². The smallest absolute Gasteiger partial charge is 0.176 e. The summed E-state index contributed by atoms with van der Waals surface area (Å²) in [6.07, 6.45) is 6.42. The van der Waals surface area contributed by atoms with Gasteiger partial charge in [-0.25, -0.2) is 15.0 Å². The fraction of sp³-hybridized carbons (Fsp3) is 0.500. The van der Waals surface area contributed by atoms with Gasteiger partial charge in [-0.3, -0.25) is 4.99 Å². The standard InChI is InChI=1S/C8H10N4/c1-2-4-10-7(3-1)8-11-5-9-6-12-8/h5-6H,1-4H2. The Morgan fingerprint density at radius 2 is 1.92 bits per heavy atom. The number of aliphatic imine (C=N–C) groups is 1. The first kappa shape index (κ1) is 7.34. The summed E-state index contributed by atoms with van der Waals surface area (Å²) in [5.41, 5.74) is 1.03. The van der Waals surface area contributed by atoms with Gasteiger partial charge in [0.2, 0.25) is 0 Å². The Hall–Kier alpha value is -1.32. The number of rotatable bonds is 1. The van der Waals surface area contributed by atoms with Gasteiger partial charge >= 0.3 is 0 Å². The van der Waals surface area contributed by atoms with Crippen LogP contribution in [0.5, 0.6) is 0 Å². The van der Waals surface area contributed by atoms with Crippen LogP contribution in [-0.2, 0) is 0 Å². The minimum atomic E-state index is 0.740. The Labute approximate surface area is 70.8 Å². The van der Waals surface area contributed by atoms with Gasteiger partial charge in [0.05, 0.1) is 5.71 Å². The molecule has 12 heavy (non-hydrogen) atoms. The van der Waals surface area contributed by atoms with E-state index in [1.165, 1.54) is 25.5 Å². The molecule has 1 aliphatic rings. The Balaban J connectivity index is 2.24. The van der Waals surface area contributed by atoms with Crippen LogP contribution in [0.4, 0.5) is 0 Å². The molecule has 1 aromatic rings. The Morgan fingerprint density at radius 1 is 1.08 bits per heavy atom. The molecule has 0 unspecified atom stereocenters. The molecule has 1 aromatic heterocycles. The highest BCUT2D eigenvalue weighted by Gasteiger charge is 2.09. The SMILES string of the molecule is c1ncnc(C2=NCCCC2)n1. The van der Waals surface area contributed by atoms with Crippen LogP contribution in [0.1, 0.15) is 25.1 Å². The molecule has 0 saturated carbocycles. The van der Waals surface area contributed by atoms with Crippen molar-refractivity contribution in [1.29, 1.82) is 0 Å². The van der Waals surface area contributed by atoms with Gasteiger partial charge in [0.1, 0.15) is 12.7 Å². The topological polar surface area (TPSA) is 51.0 Å². The van der Waals surface area contributed by atoms with Crippen molar-refractivity contribution < 1.29 is 0 Å². The zero-order chi connectivity index (χ0) is 8.23. The summed E-state index contributed by atoms with van der Waals surface area (Å²) in [5.74, 6) is 0.740. The second kappa shape index (κ2) is 3.38. The maximum absolute atomic E-state index is 4.36. The van der Waals surface area contributed by atoms with E-state index < -0.39 is 0 Å². The summed E-state index contributed by atoms with van der Waals surface area (Å²) in [4.78, 5) is 16.2. The summed E-state index contributed by atoms with van der Waals surface area (Å²) in [7, 11) is 0. The molecular formula is C8H10N4. The van der Waals surface area contributed by atoms with E-state index in [4.69, 9.17) is 0 Å². The van der Waals surface area contributed by atoms with Gasteiger partial charge in [0, 0.05) is 6.54 Å². The van der Waals surface area contributed by atoms with E-state index in [-0.39, 0.29) is 0 Å². The van der Waals surface area contributed by atoms with E-state index >= 15 is 0 Å². The molecule has 4 nitrogen and oxygen atoms in total. The first-order chi connectivity index (χ1) is 5.97. The van der Waals surface area contributed by atoms with E-state index in [0.717, 1.165) is 24.5 Å². The molecule has 1 aliphatic heterocycles. The third-order valence-corrected chi connectivity index (χ3v) is 1.88. The zero-order valence-electron chi connectivity index (χ0n) is 6.77. The third-order valence-electron chi connectivity index (χ3n) is 1.88. The fourth-order valence-corrected chi connectivity index (χ4v) is 1.27. The first-order valence-electron chi connectivity index (χ1n) is 4.12. The molecular weight excluding hydrogens is 152 g/mol. The Morgan fingerprint density at radius 3 is 2.58 bits per heavy atom. The molecule has 0 radical (unpaired) electrons. The van der Waals surface area contributed by atoms with Gasteiger partial charge in [-0.1, -0.05) is 0 Å². The van der Waals surface area contributed by atoms with E-state index in [1.54, 1.807) is 0 Å². The van der Waals surface area contributed by atoms with Crippen LogP contribution >= 0.6 is 0 Å². The molecule has 2 rings (SSSR count). The predicted octanol–water partition coefficient (Wildman–Crippen LogP) is 0.845. The van der Waals surface area contributed by atoms with Gasteiger partial charge in [0.25, 0.3) is 0 Å². The van der Waals surface area contributed by atoms with Crippen LogP contribution in [0, 0.1) is 0 Å². The highest BCUT2D eigenvalue weighted by Crippen LogP contribution is 2.08. The van der Waals surface area contributed by atoms with Crippen molar-refractivity contribution in [3.8, 4) is 0 Å². The molecule has 0 aliphatic carbocycles. The number of hydrogen-bond acceptors (Lipinski definition) is 4. The lowest BCUT2D eigenvalue weighted by atomic mass is 10.1. The van der Waals surface area contributed by atoms with Crippen LogP contribution in [-0.4, -0.2) is 27.2 Å². The normalized spacial score (nSPS) is 17.2. The van der Waals surface area contributed by atoms with Crippen LogP contribution in [0.25, 0.3) is 0 Å². The van der Waals surface area contributed by atoms with E-state index in [1.807, 2.05) is 0 Å². The largest absolute Gasteiger partial charge is 0.286 e. The van der Waals surface area contributed by atoms with Crippen molar-refractivity contribution >= 4 is 5.71 Å². The van der Waals surface area contributed by atoms with E-state index in [0.29, 0.717) is 0 Å². The Bertz CT molecular complexity index is 280. The van der Waals surface area contributed by atoms with E-state index in [2.05, 4.69) is 19.9 Å². The van der Waals surface area contributed by atoms with Gasteiger partial charge in [0.15, 0.2) is 5.82 Å². The average Bonchev–Trinajstić information content (AvgIpc) is 2.21. The molecule has 0 bridgehead atoms. The lowest BCUT2D eigenvalue weighted by Gasteiger charge is -2.08. The Kier molecular flexibility index (Phi) is 2.07. The summed E-state index contributed by atoms with van der Waals surface area (Å²) < 4.78 is 0. The highest BCUT2D eigenvalue weighted by atomic mass is 15.0. The zero-order valence-corrected chi connectivity index (χ0v) is 6.77. The molecule has 0 atom stereocenters. The third kappa shape index (κ3) is 1.47. The van der Waals surface area contributed by atoms with Gasteiger partial charge < -0.3 is 0 Å². The summed E-state index contributed by atoms with van der Waals surface area (Å²) in [6, 6.07) is 0. The average molecular weight is 162 g/mol. The lowest BCUT2D eigenvalue weighted by molar-refractivity contribution is 0.733. The predicted molar refractivity (Wildman–Crippen MR) is 45.1 cm³/mol. The van der Waals surface area contributed by atoms with Crippen molar-refractivity contribution in [2.24, 2.45) is 4.99 Å². The van der Waals surface area contributed by atoms with Gasteiger partial charge in [-0.2, -0.15) is 0 Å². The molecule has 0 spiro atoms. The molecule has 0 aromatic carbocycles. The van der Waals surface area contributed by atoms with E-state index in [9.17, 15) is 0 Å². The monoisotopic (exact) mass is 162 g/mol. The minimum Gasteiger partial charge on any atom is -0.286 e. The highest BCUT2D eigenvalue weighted by molar-refractivity contribution is 5.97. The van der Waals surface area contributed by atoms with Crippen LogP contribution in [0.3, 0.4) is 0 Å². The molecule has 0 amide bonds. The van der Waals surface area contributed by atoms with Crippen molar-refractivity contribution in [3.05, 3.63) is 18.5 Å². The van der Waals surface area contributed by atoms with Crippen molar-refractivity contribution in [1.82, 2.24) is 15.0 Å². The molecule has 2 heterocycles. The van der Waals surface area contributed by atoms with Crippen LogP contribution in [0.2, 0.25) is 0 Å². The maximum atomic E-state index is 4.36. The minimum absolute atomic E-state index is 0.740. The molecule has 62 valence electrons. The second-order valence-electron chi connectivity index (χ2n) is 2.75. The van der Waals surface area contributed by atoms with Crippen molar-refractivity contribution in [3.63, 3.8) is 0 Å². The molecule has 0 N–H and O–H groups in total. The summed E-state index contributed by atoms with van der Waals surface area (Å²) in [6.45, 7) is 0.918. The summed E-state index contributed by atoms with van der Waals surface area (Å²) >= 11 is 0. The lowest BCUT2D eigenvalue weighted by Crippen LogP contribution is -2.11. The van der Waals surface area contributed by atoms with Crippen LogP contribution in [0.15, 0.2) is 17.6 Å². The molecule has 0 fully saturated rings. The summed E-state index contributed by atoms with van der Waals surface area (Å²) in [5, 5.41) is 0. The first-order valence-corrected chi connectivity index (χ1v) is 4.12. The number of aromatic nitrogens is 3. The van der Waals surface area contributed by atoms with Crippen molar-refractivity contribution in [2.45, 2.75) is 19.3 Å². The van der Waals surface area contributed by atoms with Gasteiger partial charge in [-0.15, -0.1) is 0 Å². The molecule has 4 heteroatoms. The van der Waals surface area contributed by atoms with Crippen LogP contribution < -0.4 is 0 Å². The second-order valence-corrected chi connectivity index (χ2v) is 2.75.